The number of hydrogen-bond acceptors (Lipinski definition) is 2. The van der Waals surface area contributed by atoms with Crippen LogP contribution in [0.5, 0.6) is 5.75 Å². The minimum absolute atomic E-state index is 0.0994. The highest BCUT2D eigenvalue weighted by atomic mass is 35.5. The van der Waals surface area contributed by atoms with Crippen molar-refractivity contribution in [3.05, 3.63) is 87.4 Å². The van der Waals surface area contributed by atoms with Crippen molar-refractivity contribution in [2.45, 2.75) is 32.4 Å². The van der Waals surface area contributed by atoms with Gasteiger partial charge in [-0.3, -0.25) is 0 Å². The summed E-state index contributed by atoms with van der Waals surface area (Å²) >= 11 is 12.5. The summed E-state index contributed by atoms with van der Waals surface area (Å²) in [5, 5.41) is 5.07. The SMILES string of the molecule is CC1=CC(C)(C)Nc2ccc3c(c21)[C@@H](c1ccc(Cl)cc1)Oc1ccc(Cl)cc1-3. The summed E-state index contributed by atoms with van der Waals surface area (Å²) in [4.78, 5) is 0. The minimum Gasteiger partial charge on any atom is -0.480 e. The van der Waals surface area contributed by atoms with Crippen molar-refractivity contribution in [1.29, 1.82) is 0 Å². The van der Waals surface area contributed by atoms with E-state index in [2.05, 4.69) is 44.3 Å². The molecule has 0 saturated carbocycles. The third-order valence-corrected chi connectivity index (χ3v) is 6.07. The predicted molar refractivity (Wildman–Crippen MR) is 122 cm³/mol. The number of halogens is 2. The van der Waals surface area contributed by atoms with Gasteiger partial charge >= 0.3 is 0 Å². The summed E-state index contributed by atoms with van der Waals surface area (Å²) < 4.78 is 6.55. The van der Waals surface area contributed by atoms with Gasteiger partial charge in [-0.25, -0.2) is 0 Å². The van der Waals surface area contributed by atoms with E-state index in [1.807, 2.05) is 42.5 Å². The van der Waals surface area contributed by atoms with E-state index in [4.69, 9.17) is 27.9 Å². The lowest BCUT2D eigenvalue weighted by Crippen LogP contribution is -2.32. The first-order chi connectivity index (χ1) is 13.8. The van der Waals surface area contributed by atoms with Crippen LogP contribution in [0.3, 0.4) is 0 Å². The highest BCUT2D eigenvalue weighted by molar-refractivity contribution is 6.31. The summed E-state index contributed by atoms with van der Waals surface area (Å²) in [7, 11) is 0. The summed E-state index contributed by atoms with van der Waals surface area (Å²) in [6.07, 6.45) is 2.06. The van der Waals surface area contributed by atoms with Gasteiger partial charge in [0.2, 0.25) is 0 Å². The van der Waals surface area contributed by atoms with Crippen molar-refractivity contribution < 1.29 is 4.74 Å². The molecule has 5 rings (SSSR count). The fourth-order valence-electron chi connectivity index (χ4n) is 4.53. The lowest BCUT2D eigenvalue weighted by atomic mass is 9.80. The molecule has 0 amide bonds. The number of ether oxygens (including phenoxy) is 1. The molecule has 4 heteroatoms. The molecule has 0 fully saturated rings. The Morgan fingerprint density at radius 3 is 2.38 bits per heavy atom. The van der Waals surface area contributed by atoms with Gasteiger partial charge in [0, 0.05) is 32.4 Å². The maximum absolute atomic E-state index is 6.55. The van der Waals surface area contributed by atoms with Crippen LogP contribution in [0.15, 0.2) is 60.7 Å². The van der Waals surface area contributed by atoms with Gasteiger partial charge in [0.25, 0.3) is 0 Å². The van der Waals surface area contributed by atoms with Crippen molar-refractivity contribution in [2.75, 3.05) is 5.32 Å². The van der Waals surface area contributed by atoms with Gasteiger partial charge in [-0.05, 0) is 73.9 Å². The van der Waals surface area contributed by atoms with Crippen molar-refractivity contribution in [3.63, 3.8) is 0 Å². The quantitative estimate of drug-likeness (QED) is 0.433. The number of fused-ring (bicyclic) bond motifs is 5. The van der Waals surface area contributed by atoms with Crippen LogP contribution in [0.4, 0.5) is 5.69 Å². The number of allylic oxidation sites excluding steroid dienone is 1. The molecule has 0 radical (unpaired) electrons. The van der Waals surface area contributed by atoms with Crippen LogP contribution >= 0.6 is 23.2 Å². The van der Waals surface area contributed by atoms with Gasteiger partial charge in [-0.15, -0.1) is 0 Å². The Morgan fingerprint density at radius 1 is 0.897 bits per heavy atom. The molecular weight excluding hydrogens is 401 g/mol. The van der Waals surface area contributed by atoms with E-state index >= 15 is 0 Å². The van der Waals surface area contributed by atoms with Gasteiger partial charge in [0.15, 0.2) is 6.10 Å². The first-order valence-electron chi connectivity index (χ1n) is 9.69. The van der Waals surface area contributed by atoms with E-state index in [1.165, 1.54) is 11.1 Å². The molecule has 1 atom stereocenters. The van der Waals surface area contributed by atoms with Crippen molar-refractivity contribution in [2.24, 2.45) is 0 Å². The number of benzene rings is 3. The van der Waals surface area contributed by atoms with Crippen LogP contribution in [-0.4, -0.2) is 5.54 Å². The molecular formula is C25H21Cl2NO. The Labute approximate surface area is 181 Å². The molecule has 0 saturated heterocycles. The van der Waals surface area contributed by atoms with E-state index in [1.54, 1.807) is 0 Å². The fraction of sp³-hybridized carbons (Fsp3) is 0.200. The molecule has 2 heterocycles. The zero-order valence-electron chi connectivity index (χ0n) is 16.5. The first-order valence-corrected chi connectivity index (χ1v) is 10.4. The average molecular weight is 422 g/mol. The standard InChI is InChI=1S/C25H21Cl2NO/c1-14-13-25(2,3)28-20-10-9-18-19-12-17(27)8-11-21(19)29-24(23(18)22(14)20)15-4-6-16(26)7-5-15/h4-13,24,28H,1-3H3/t24-/m1/s1. The van der Waals surface area contributed by atoms with Gasteiger partial charge in [-0.1, -0.05) is 47.5 Å². The van der Waals surface area contributed by atoms with Crippen LogP contribution in [0.2, 0.25) is 10.0 Å². The van der Waals surface area contributed by atoms with E-state index in [9.17, 15) is 0 Å². The molecule has 0 spiro atoms. The van der Waals surface area contributed by atoms with Gasteiger partial charge in [0.05, 0.1) is 5.54 Å². The Bertz CT molecular complexity index is 1160. The van der Waals surface area contributed by atoms with Crippen LogP contribution in [0.1, 0.15) is 43.6 Å². The first kappa shape index (κ1) is 18.6. The molecule has 3 aromatic rings. The molecule has 1 N–H and O–H groups in total. The minimum atomic E-state index is -0.225. The Kier molecular flexibility index (Phi) is 4.20. The molecule has 146 valence electrons. The average Bonchev–Trinajstić information content (AvgIpc) is 2.66. The van der Waals surface area contributed by atoms with Crippen molar-refractivity contribution in [1.82, 2.24) is 0 Å². The zero-order chi connectivity index (χ0) is 20.3. The fourth-order valence-corrected chi connectivity index (χ4v) is 4.82. The number of rotatable bonds is 1. The Balaban J connectivity index is 1.81. The van der Waals surface area contributed by atoms with Crippen LogP contribution in [0, 0.1) is 0 Å². The third-order valence-electron chi connectivity index (χ3n) is 5.59. The zero-order valence-corrected chi connectivity index (χ0v) is 18.0. The summed E-state index contributed by atoms with van der Waals surface area (Å²) in [5.41, 5.74) is 7.89. The number of nitrogens with one attached hydrogen (secondary N) is 1. The smallest absolute Gasteiger partial charge is 0.150 e. The van der Waals surface area contributed by atoms with Gasteiger partial charge in [-0.2, -0.15) is 0 Å². The van der Waals surface area contributed by atoms with Crippen molar-refractivity contribution >= 4 is 34.5 Å². The maximum atomic E-state index is 6.55. The second-order valence-electron chi connectivity index (χ2n) is 8.31. The highest BCUT2D eigenvalue weighted by Crippen LogP contribution is 2.51. The third kappa shape index (κ3) is 3.11. The monoisotopic (exact) mass is 421 g/mol. The molecule has 0 bridgehead atoms. The lowest BCUT2D eigenvalue weighted by Gasteiger charge is -2.37. The maximum Gasteiger partial charge on any atom is 0.150 e. The molecule has 2 aliphatic heterocycles. The van der Waals surface area contributed by atoms with Crippen LogP contribution in [-0.2, 0) is 0 Å². The second kappa shape index (κ2) is 6.55. The predicted octanol–water partition coefficient (Wildman–Crippen LogP) is 7.75. The molecule has 29 heavy (non-hydrogen) atoms. The molecule has 0 aromatic heterocycles. The van der Waals surface area contributed by atoms with E-state index in [-0.39, 0.29) is 11.6 Å². The Morgan fingerprint density at radius 2 is 1.62 bits per heavy atom. The van der Waals surface area contributed by atoms with E-state index in [0.29, 0.717) is 10.0 Å². The molecule has 2 aliphatic rings. The summed E-state index contributed by atoms with van der Waals surface area (Å²) in [6.45, 7) is 6.54. The normalized spacial score (nSPS) is 18.5. The molecule has 0 aliphatic carbocycles. The summed E-state index contributed by atoms with van der Waals surface area (Å²) in [6, 6.07) is 18.1. The van der Waals surface area contributed by atoms with Crippen LogP contribution < -0.4 is 10.1 Å². The van der Waals surface area contributed by atoms with Gasteiger partial charge in [0.1, 0.15) is 5.75 Å². The highest BCUT2D eigenvalue weighted by Gasteiger charge is 2.34. The van der Waals surface area contributed by atoms with Crippen molar-refractivity contribution in [3.8, 4) is 16.9 Å². The largest absolute Gasteiger partial charge is 0.480 e. The molecule has 3 aromatic carbocycles. The van der Waals surface area contributed by atoms with Crippen LogP contribution in [0.25, 0.3) is 16.7 Å². The lowest BCUT2D eigenvalue weighted by molar-refractivity contribution is 0.243. The molecule has 2 nitrogen and oxygen atoms in total. The topological polar surface area (TPSA) is 21.3 Å². The van der Waals surface area contributed by atoms with E-state index in [0.717, 1.165) is 33.7 Å². The second-order valence-corrected chi connectivity index (χ2v) is 9.19. The molecule has 0 unspecified atom stereocenters. The Hall–Kier alpha value is -2.42. The number of hydrogen-bond donors (Lipinski definition) is 1. The van der Waals surface area contributed by atoms with Gasteiger partial charge < -0.3 is 10.1 Å². The number of anilines is 1. The summed E-state index contributed by atoms with van der Waals surface area (Å²) in [5.74, 6) is 0.840. The van der Waals surface area contributed by atoms with E-state index < -0.39 is 0 Å².